The predicted octanol–water partition coefficient (Wildman–Crippen LogP) is 3.17. The van der Waals surface area contributed by atoms with E-state index in [0.717, 1.165) is 63.8 Å². The summed E-state index contributed by atoms with van der Waals surface area (Å²) in [5.41, 5.74) is 2.34. The lowest BCUT2D eigenvalue weighted by atomic mass is 10.1. The van der Waals surface area contributed by atoms with E-state index in [9.17, 15) is 0 Å². The third kappa shape index (κ3) is 7.32. The third-order valence-corrected chi connectivity index (χ3v) is 4.93. The van der Waals surface area contributed by atoms with Gasteiger partial charge in [0.15, 0.2) is 5.96 Å². The van der Waals surface area contributed by atoms with E-state index in [-0.39, 0.29) is 0 Å². The Morgan fingerprint density at radius 1 is 1.14 bits per heavy atom. The number of guanidine groups is 1. The van der Waals surface area contributed by atoms with Crippen molar-refractivity contribution < 1.29 is 14.2 Å². The first-order chi connectivity index (χ1) is 13.7. The molecule has 1 saturated heterocycles. The molecule has 0 unspecified atom stereocenters. The van der Waals surface area contributed by atoms with E-state index >= 15 is 0 Å². The monoisotopic (exact) mass is 391 g/mol. The summed E-state index contributed by atoms with van der Waals surface area (Å²) < 4.78 is 17.0. The predicted molar refractivity (Wildman–Crippen MR) is 114 cm³/mol. The molecular weight excluding hydrogens is 354 g/mol. The Balaban J connectivity index is 1.77. The van der Waals surface area contributed by atoms with Crippen molar-refractivity contribution in [2.75, 3.05) is 53.1 Å². The van der Waals surface area contributed by atoms with Crippen LogP contribution in [0.2, 0.25) is 0 Å². The van der Waals surface area contributed by atoms with E-state index in [2.05, 4.69) is 49.2 Å². The average molecular weight is 392 g/mol. The number of benzene rings is 1. The van der Waals surface area contributed by atoms with Gasteiger partial charge in [-0.1, -0.05) is 18.2 Å². The lowest BCUT2D eigenvalue weighted by Gasteiger charge is -2.34. The van der Waals surface area contributed by atoms with E-state index in [1.807, 2.05) is 0 Å². The van der Waals surface area contributed by atoms with Crippen molar-refractivity contribution in [3.63, 3.8) is 0 Å². The number of para-hydroxylation sites is 1. The highest BCUT2D eigenvalue weighted by Gasteiger charge is 2.21. The Morgan fingerprint density at radius 3 is 2.50 bits per heavy atom. The SMILES string of the molecule is CCNC(=NCCOc1c(C)cccc1C)N1CCC(OCCCOC)CC1. The second-order valence-corrected chi connectivity index (χ2v) is 7.21. The Morgan fingerprint density at radius 2 is 1.86 bits per heavy atom. The van der Waals surface area contributed by atoms with Crippen molar-refractivity contribution in [3.05, 3.63) is 29.3 Å². The van der Waals surface area contributed by atoms with Crippen molar-refractivity contribution in [3.8, 4) is 5.75 Å². The molecule has 1 N–H and O–H groups in total. The van der Waals surface area contributed by atoms with Gasteiger partial charge in [-0.25, -0.2) is 4.99 Å². The van der Waals surface area contributed by atoms with E-state index in [4.69, 9.17) is 19.2 Å². The topological polar surface area (TPSA) is 55.3 Å². The molecule has 0 aliphatic carbocycles. The zero-order chi connectivity index (χ0) is 20.2. The summed E-state index contributed by atoms with van der Waals surface area (Å²) in [5, 5.41) is 3.41. The molecule has 0 amide bonds. The first-order valence-electron chi connectivity index (χ1n) is 10.5. The van der Waals surface area contributed by atoms with Crippen LogP contribution in [0.3, 0.4) is 0 Å². The lowest BCUT2D eigenvalue weighted by Crippen LogP contribution is -2.47. The Bertz CT molecular complexity index is 578. The average Bonchev–Trinajstić information content (AvgIpc) is 2.70. The highest BCUT2D eigenvalue weighted by Crippen LogP contribution is 2.22. The van der Waals surface area contributed by atoms with Crippen molar-refractivity contribution in [1.29, 1.82) is 0 Å². The summed E-state index contributed by atoms with van der Waals surface area (Å²) in [6.45, 7) is 11.8. The van der Waals surface area contributed by atoms with Crippen LogP contribution < -0.4 is 10.1 Å². The fraction of sp³-hybridized carbons (Fsp3) is 0.682. The molecule has 0 atom stereocenters. The van der Waals surface area contributed by atoms with Gasteiger partial charge in [0.2, 0.25) is 0 Å². The normalized spacial score (nSPS) is 15.7. The molecule has 0 radical (unpaired) electrons. The van der Waals surface area contributed by atoms with Crippen LogP contribution in [0.25, 0.3) is 0 Å². The number of likely N-dealkylation sites (tertiary alicyclic amines) is 1. The maximum Gasteiger partial charge on any atom is 0.194 e. The second kappa shape index (κ2) is 12.6. The van der Waals surface area contributed by atoms with Crippen LogP contribution in [-0.2, 0) is 9.47 Å². The number of nitrogens with one attached hydrogen (secondary N) is 1. The molecule has 1 aromatic carbocycles. The minimum atomic E-state index is 0.350. The fourth-order valence-electron chi connectivity index (χ4n) is 3.44. The fourth-order valence-corrected chi connectivity index (χ4v) is 3.44. The van der Waals surface area contributed by atoms with E-state index < -0.39 is 0 Å². The molecule has 1 aliphatic rings. The summed E-state index contributed by atoms with van der Waals surface area (Å²) in [6, 6.07) is 6.22. The van der Waals surface area contributed by atoms with Crippen LogP contribution in [0, 0.1) is 13.8 Å². The number of ether oxygens (including phenoxy) is 3. The van der Waals surface area contributed by atoms with Crippen LogP contribution in [0.15, 0.2) is 23.2 Å². The molecule has 1 aromatic rings. The van der Waals surface area contributed by atoms with Gasteiger partial charge >= 0.3 is 0 Å². The summed E-state index contributed by atoms with van der Waals surface area (Å²) in [7, 11) is 1.73. The number of nitrogens with zero attached hydrogens (tertiary/aromatic N) is 2. The van der Waals surface area contributed by atoms with Crippen molar-refractivity contribution >= 4 is 5.96 Å². The minimum absolute atomic E-state index is 0.350. The van der Waals surface area contributed by atoms with Gasteiger partial charge in [-0.05, 0) is 51.2 Å². The molecule has 0 saturated carbocycles. The van der Waals surface area contributed by atoms with Crippen LogP contribution in [0.1, 0.15) is 37.3 Å². The van der Waals surface area contributed by atoms with Crippen molar-refractivity contribution in [2.45, 2.75) is 46.1 Å². The Kier molecular flexibility index (Phi) is 10.1. The number of hydrogen-bond donors (Lipinski definition) is 1. The van der Waals surface area contributed by atoms with Crippen molar-refractivity contribution in [2.24, 2.45) is 4.99 Å². The van der Waals surface area contributed by atoms with Crippen LogP contribution in [0.5, 0.6) is 5.75 Å². The summed E-state index contributed by atoms with van der Waals surface area (Å²) in [5.74, 6) is 1.96. The molecule has 0 aromatic heterocycles. The van der Waals surface area contributed by atoms with Gasteiger partial charge in [0, 0.05) is 40.0 Å². The highest BCUT2D eigenvalue weighted by atomic mass is 16.5. The van der Waals surface area contributed by atoms with Crippen molar-refractivity contribution in [1.82, 2.24) is 10.2 Å². The standard InChI is InChI=1S/C22H37N3O3/c1-5-23-22(24-12-17-28-21-18(2)8-6-9-19(21)3)25-13-10-20(11-14-25)27-16-7-15-26-4/h6,8-9,20H,5,7,10-17H2,1-4H3,(H,23,24). The molecule has 0 spiro atoms. The molecular formula is C22H37N3O3. The van der Waals surface area contributed by atoms with Crippen LogP contribution in [-0.4, -0.2) is 70.1 Å². The van der Waals surface area contributed by atoms with Crippen LogP contribution >= 0.6 is 0 Å². The van der Waals surface area contributed by atoms with Gasteiger partial charge in [0.1, 0.15) is 12.4 Å². The van der Waals surface area contributed by atoms with Gasteiger partial charge in [-0.15, -0.1) is 0 Å². The zero-order valence-electron chi connectivity index (χ0n) is 18.0. The first-order valence-corrected chi connectivity index (χ1v) is 10.5. The maximum absolute atomic E-state index is 5.98. The molecule has 6 heteroatoms. The molecule has 6 nitrogen and oxygen atoms in total. The molecule has 0 bridgehead atoms. The summed E-state index contributed by atoms with van der Waals surface area (Å²) in [6.07, 6.45) is 3.39. The molecule has 1 fully saturated rings. The minimum Gasteiger partial charge on any atom is -0.491 e. The van der Waals surface area contributed by atoms with Gasteiger partial charge in [0.05, 0.1) is 12.6 Å². The van der Waals surface area contributed by atoms with Gasteiger partial charge < -0.3 is 24.4 Å². The second-order valence-electron chi connectivity index (χ2n) is 7.21. The first kappa shape index (κ1) is 22.5. The van der Waals surface area contributed by atoms with E-state index in [1.54, 1.807) is 7.11 Å². The van der Waals surface area contributed by atoms with E-state index in [1.165, 1.54) is 11.1 Å². The number of rotatable bonds is 10. The number of piperidine rings is 1. The maximum atomic E-state index is 5.98. The smallest absolute Gasteiger partial charge is 0.194 e. The third-order valence-electron chi connectivity index (χ3n) is 4.93. The summed E-state index contributed by atoms with van der Waals surface area (Å²) >= 11 is 0. The quantitative estimate of drug-likeness (QED) is 0.377. The molecule has 1 aliphatic heterocycles. The van der Waals surface area contributed by atoms with Gasteiger partial charge in [-0.2, -0.15) is 0 Å². The Labute approximate surface area is 170 Å². The number of hydrogen-bond acceptors (Lipinski definition) is 4. The number of aliphatic imine (C=N–C) groups is 1. The molecule has 1 heterocycles. The van der Waals surface area contributed by atoms with Gasteiger partial charge in [-0.3, -0.25) is 0 Å². The van der Waals surface area contributed by atoms with Gasteiger partial charge in [0.25, 0.3) is 0 Å². The lowest BCUT2D eigenvalue weighted by molar-refractivity contribution is 0.00990. The Hall–Kier alpha value is -1.79. The number of methoxy groups -OCH3 is 1. The molecule has 2 rings (SSSR count). The largest absolute Gasteiger partial charge is 0.491 e. The molecule has 158 valence electrons. The molecule has 28 heavy (non-hydrogen) atoms. The van der Waals surface area contributed by atoms with Crippen LogP contribution in [0.4, 0.5) is 0 Å². The zero-order valence-corrected chi connectivity index (χ0v) is 18.0. The highest BCUT2D eigenvalue weighted by molar-refractivity contribution is 5.80. The summed E-state index contributed by atoms with van der Waals surface area (Å²) in [4.78, 5) is 7.10. The van der Waals surface area contributed by atoms with E-state index in [0.29, 0.717) is 19.3 Å². The number of aryl methyl sites for hydroxylation is 2.